The number of hydrogen-bond donors (Lipinski definition) is 0. The molecule has 0 radical (unpaired) electrons. The Balaban J connectivity index is 1.96. The molecule has 0 aromatic heterocycles. The van der Waals surface area contributed by atoms with Crippen molar-refractivity contribution in [2.75, 3.05) is 13.2 Å². The Bertz CT molecular complexity index is 191. The van der Waals surface area contributed by atoms with E-state index in [2.05, 4.69) is 13.8 Å². The van der Waals surface area contributed by atoms with Gasteiger partial charge in [0.15, 0.2) is 6.29 Å². The molecular weight excluding hydrogens is 204 g/mol. The monoisotopic (exact) mass is 228 g/mol. The summed E-state index contributed by atoms with van der Waals surface area (Å²) in [4.78, 5) is 10.1. The van der Waals surface area contributed by atoms with E-state index in [1.54, 1.807) is 0 Å². The van der Waals surface area contributed by atoms with Crippen LogP contribution >= 0.6 is 0 Å². The molecule has 16 heavy (non-hydrogen) atoms. The lowest BCUT2D eigenvalue weighted by Gasteiger charge is -2.34. The molecule has 0 aromatic rings. The van der Waals surface area contributed by atoms with Gasteiger partial charge in [-0.1, -0.05) is 26.7 Å². The third kappa shape index (κ3) is 5.61. The van der Waals surface area contributed by atoms with Crippen LogP contribution in [0.25, 0.3) is 0 Å². The molecule has 0 aromatic carbocycles. The van der Waals surface area contributed by atoms with E-state index < -0.39 is 0 Å². The molecule has 0 atom stereocenters. The van der Waals surface area contributed by atoms with Crippen molar-refractivity contribution in [3.63, 3.8) is 0 Å². The van der Waals surface area contributed by atoms with Crippen LogP contribution in [0.5, 0.6) is 0 Å². The van der Waals surface area contributed by atoms with Gasteiger partial charge in [-0.15, -0.1) is 0 Å². The van der Waals surface area contributed by atoms with Crippen LogP contribution in [-0.2, 0) is 14.3 Å². The molecule has 0 unspecified atom stereocenters. The lowest BCUT2D eigenvalue weighted by molar-refractivity contribution is -0.224. The first kappa shape index (κ1) is 13.7. The number of carbonyl (C=O) groups excluding carboxylic acids is 1. The highest BCUT2D eigenvalue weighted by atomic mass is 16.7. The molecule has 1 fully saturated rings. The Hall–Kier alpha value is -0.410. The van der Waals surface area contributed by atoms with Crippen molar-refractivity contribution in [3.05, 3.63) is 0 Å². The van der Waals surface area contributed by atoms with Gasteiger partial charge in [-0.05, 0) is 19.3 Å². The Morgan fingerprint density at radius 1 is 1.12 bits per heavy atom. The molecule has 94 valence electrons. The summed E-state index contributed by atoms with van der Waals surface area (Å²) in [5.41, 5.74) is 0.167. The first-order valence-corrected chi connectivity index (χ1v) is 6.31. The zero-order chi connectivity index (χ0) is 11.9. The summed E-state index contributed by atoms with van der Waals surface area (Å²) in [5, 5.41) is 0. The summed E-state index contributed by atoms with van der Waals surface area (Å²) in [6.45, 7) is 5.90. The molecule has 1 saturated heterocycles. The molecule has 0 saturated carbocycles. The van der Waals surface area contributed by atoms with Crippen LogP contribution in [0.3, 0.4) is 0 Å². The Morgan fingerprint density at radius 2 is 1.75 bits per heavy atom. The number of carbonyl (C=O) groups is 1. The lowest BCUT2D eigenvalue weighted by atomic mass is 9.95. The van der Waals surface area contributed by atoms with Gasteiger partial charge in [-0.2, -0.15) is 0 Å². The van der Waals surface area contributed by atoms with E-state index in [0.29, 0.717) is 6.42 Å². The van der Waals surface area contributed by atoms with Gasteiger partial charge in [0.1, 0.15) is 6.29 Å². The summed E-state index contributed by atoms with van der Waals surface area (Å²) in [6.07, 6.45) is 7.13. The third-order valence-corrected chi connectivity index (χ3v) is 2.83. The van der Waals surface area contributed by atoms with Gasteiger partial charge in [0, 0.05) is 11.8 Å². The standard InChI is InChI=1S/C13H24O3/c1-13(2)10-15-12(16-11-13)8-6-4-3-5-7-9-14/h9,12H,3-8,10-11H2,1-2H3. The molecule has 0 amide bonds. The number of unbranched alkanes of at least 4 members (excludes halogenated alkanes) is 4. The van der Waals surface area contributed by atoms with Crippen LogP contribution in [0.15, 0.2) is 0 Å². The Labute approximate surface area is 98.5 Å². The maximum atomic E-state index is 10.1. The Kier molecular flexibility index (Phi) is 5.99. The first-order chi connectivity index (χ1) is 7.64. The summed E-state index contributed by atoms with van der Waals surface area (Å²) in [5.74, 6) is 0. The fraction of sp³-hybridized carbons (Fsp3) is 0.923. The lowest BCUT2D eigenvalue weighted by Crippen LogP contribution is -2.37. The predicted molar refractivity (Wildman–Crippen MR) is 63.2 cm³/mol. The molecule has 0 bridgehead atoms. The van der Waals surface area contributed by atoms with E-state index in [1.165, 1.54) is 6.42 Å². The SMILES string of the molecule is CC1(C)COC(CCCCCCC=O)OC1. The van der Waals surface area contributed by atoms with Crippen LogP contribution in [0, 0.1) is 5.41 Å². The minimum atomic E-state index is -0.000837. The van der Waals surface area contributed by atoms with E-state index in [9.17, 15) is 4.79 Å². The number of hydrogen-bond acceptors (Lipinski definition) is 3. The van der Waals surface area contributed by atoms with Crippen molar-refractivity contribution < 1.29 is 14.3 Å². The first-order valence-electron chi connectivity index (χ1n) is 6.31. The highest BCUT2D eigenvalue weighted by Gasteiger charge is 2.27. The average molecular weight is 228 g/mol. The smallest absolute Gasteiger partial charge is 0.157 e. The van der Waals surface area contributed by atoms with Gasteiger partial charge in [0.2, 0.25) is 0 Å². The molecule has 1 heterocycles. The van der Waals surface area contributed by atoms with Crippen molar-refractivity contribution in [2.45, 2.75) is 58.7 Å². The van der Waals surface area contributed by atoms with Crippen LogP contribution in [0.2, 0.25) is 0 Å². The molecule has 3 heteroatoms. The van der Waals surface area contributed by atoms with Gasteiger partial charge in [0.05, 0.1) is 13.2 Å². The van der Waals surface area contributed by atoms with Gasteiger partial charge in [-0.25, -0.2) is 0 Å². The van der Waals surface area contributed by atoms with Crippen LogP contribution in [0.4, 0.5) is 0 Å². The molecule has 0 aliphatic carbocycles. The zero-order valence-corrected chi connectivity index (χ0v) is 10.5. The second-order valence-electron chi connectivity index (χ2n) is 5.37. The van der Waals surface area contributed by atoms with Crippen LogP contribution < -0.4 is 0 Å². The van der Waals surface area contributed by atoms with Gasteiger partial charge >= 0.3 is 0 Å². The van der Waals surface area contributed by atoms with Gasteiger partial charge in [0.25, 0.3) is 0 Å². The second-order valence-corrected chi connectivity index (χ2v) is 5.37. The number of aldehydes is 1. The topological polar surface area (TPSA) is 35.5 Å². The summed E-state index contributed by atoms with van der Waals surface area (Å²) < 4.78 is 11.3. The maximum Gasteiger partial charge on any atom is 0.157 e. The molecule has 1 aliphatic heterocycles. The normalized spacial score (nSPS) is 20.9. The van der Waals surface area contributed by atoms with E-state index >= 15 is 0 Å². The molecule has 3 nitrogen and oxygen atoms in total. The fourth-order valence-electron chi connectivity index (χ4n) is 1.79. The molecule has 0 N–H and O–H groups in total. The third-order valence-electron chi connectivity index (χ3n) is 2.83. The average Bonchev–Trinajstić information content (AvgIpc) is 2.25. The zero-order valence-electron chi connectivity index (χ0n) is 10.5. The van der Waals surface area contributed by atoms with Crippen molar-refractivity contribution in [1.29, 1.82) is 0 Å². The molecular formula is C13H24O3. The fourth-order valence-corrected chi connectivity index (χ4v) is 1.79. The van der Waals surface area contributed by atoms with E-state index in [4.69, 9.17) is 9.47 Å². The van der Waals surface area contributed by atoms with Crippen LogP contribution in [0.1, 0.15) is 52.4 Å². The van der Waals surface area contributed by atoms with Crippen LogP contribution in [-0.4, -0.2) is 25.8 Å². The minimum Gasteiger partial charge on any atom is -0.352 e. The Morgan fingerprint density at radius 3 is 2.38 bits per heavy atom. The quantitative estimate of drug-likeness (QED) is 0.496. The minimum absolute atomic E-state index is 0.000837. The highest BCUT2D eigenvalue weighted by molar-refractivity contribution is 5.48. The molecule has 1 rings (SSSR count). The summed E-state index contributed by atoms with van der Waals surface area (Å²) in [7, 11) is 0. The van der Waals surface area contributed by atoms with Crippen molar-refractivity contribution >= 4 is 6.29 Å². The largest absolute Gasteiger partial charge is 0.352 e. The predicted octanol–water partition coefficient (Wildman–Crippen LogP) is 2.93. The van der Waals surface area contributed by atoms with Crippen molar-refractivity contribution in [1.82, 2.24) is 0 Å². The number of ether oxygens (including phenoxy) is 2. The molecule has 0 spiro atoms. The maximum absolute atomic E-state index is 10.1. The van der Waals surface area contributed by atoms with E-state index in [1.807, 2.05) is 0 Å². The number of rotatable bonds is 7. The van der Waals surface area contributed by atoms with Crippen molar-refractivity contribution in [3.8, 4) is 0 Å². The van der Waals surface area contributed by atoms with Gasteiger partial charge in [-0.3, -0.25) is 0 Å². The van der Waals surface area contributed by atoms with E-state index in [0.717, 1.165) is 45.2 Å². The molecule has 1 aliphatic rings. The summed E-state index contributed by atoms with van der Waals surface area (Å²) >= 11 is 0. The summed E-state index contributed by atoms with van der Waals surface area (Å²) in [6, 6.07) is 0. The van der Waals surface area contributed by atoms with E-state index in [-0.39, 0.29) is 11.7 Å². The van der Waals surface area contributed by atoms with Crippen molar-refractivity contribution in [2.24, 2.45) is 5.41 Å². The second kappa shape index (κ2) is 7.02. The highest BCUT2D eigenvalue weighted by Crippen LogP contribution is 2.25. The van der Waals surface area contributed by atoms with Gasteiger partial charge < -0.3 is 14.3 Å².